The molecule has 5 aromatic rings. The molecule has 0 N–H and O–H groups in total. The molecule has 1 saturated heterocycles. The van der Waals surface area contributed by atoms with Crippen molar-refractivity contribution in [2.24, 2.45) is 0 Å². The molecular weight excluding hydrogens is 589 g/mol. The van der Waals surface area contributed by atoms with Gasteiger partial charge in [0.2, 0.25) is 0 Å². The summed E-state index contributed by atoms with van der Waals surface area (Å²) in [6.07, 6.45) is 1.54. The lowest BCUT2D eigenvalue weighted by molar-refractivity contribution is 0.0866. The maximum absolute atomic E-state index is 15.3. The van der Waals surface area contributed by atoms with Crippen LogP contribution in [0.2, 0.25) is 0 Å². The number of morpholine rings is 1. The average Bonchev–Trinajstić information content (AvgIpc) is 3.34. The first-order valence-corrected chi connectivity index (χ1v) is 16.5. The third kappa shape index (κ3) is 4.45. The molecule has 6 heteroatoms. The SMILES string of the molecule is COc1ccc(C2(c3ccccc3)CCc3c4c(c5cc(N6CCOCC6)c(OC)cc5c3O2)-c2cc(F)cc(C)c2C4(C)C)cc1. The highest BCUT2D eigenvalue weighted by Gasteiger charge is 2.47. The molecule has 2 aliphatic heterocycles. The van der Waals surface area contributed by atoms with Crippen LogP contribution in [0.15, 0.2) is 78.9 Å². The fourth-order valence-corrected chi connectivity index (χ4v) is 8.63. The number of rotatable bonds is 5. The molecule has 0 bridgehead atoms. The number of nitrogens with zero attached hydrogens (tertiary/aromatic N) is 1. The van der Waals surface area contributed by atoms with Crippen molar-refractivity contribution in [1.29, 1.82) is 0 Å². The summed E-state index contributed by atoms with van der Waals surface area (Å²) < 4.78 is 40.1. The zero-order chi connectivity index (χ0) is 32.5. The molecule has 240 valence electrons. The molecule has 1 fully saturated rings. The van der Waals surface area contributed by atoms with Crippen molar-refractivity contribution < 1.29 is 23.3 Å². The maximum Gasteiger partial charge on any atom is 0.159 e. The number of methoxy groups -OCH3 is 2. The van der Waals surface area contributed by atoms with Gasteiger partial charge in [0.25, 0.3) is 0 Å². The van der Waals surface area contributed by atoms with Crippen LogP contribution in [0.5, 0.6) is 17.2 Å². The zero-order valence-corrected chi connectivity index (χ0v) is 27.7. The van der Waals surface area contributed by atoms with E-state index < -0.39 is 5.60 Å². The Morgan fingerprint density at radius 2 is 1.53 bits per heavy atom. The third-order valence-corrected chi connectivity index (χ3v) is 10.6. The number of aryl methyl sites for hydroxylation is 1. The summed E-state index contributed by atoms with van der Waals surface area (Å²) in [4.78, 5) is 2.33. The molecular formula is C41H40FNO4. The highest BCUT2D eigenvalue weighted by atomic mass is 19.1. The lowest BCUT2D eigenvalue weighted by Gasteiger charge is -2.42. The Labute approximate surface area is 275 Å². The molecule has 0 radical (unpaired) electrons. The van der Waals surface area contributed by atoms with Gasteiger partial charge in [-0.1, -0.05) is 56.3 Å². The average molecular weight is 630 g/mol. The van der Waals surface area contributed by atoms with E-state index in [1.807, 2.05) is 25.1 Å². The van der Waals surface area contributed by atoms with Gasteiger partial charge in [-0.25, -0.2) is 4.39 Å². The second-order valence-electron chi connectivity index (χ2n) is 13.5. The van der Waals surface area contributed by atoms with E-state index in [0.717, 1.165) is 87.5 Å². The number of anilines is 1. The molecule has 8 rings (SSSR count). The number of hydrogen-bond donors (Lipinski definition) is 0. The summed E-state index contributed by atoms with van der Waals surface area (Å²) in [7, 11) is 3.42. The fourth-order valence-electron chi connectivity index (χ4n) is 8.63. The molecule has 0 spiro atoms. The Kier molecular flexibility index (Phi) is 6.99. The molecule has 3 aliphatic rings. The van der Waals surface area contributed by atoms with Gasteiger partial charge in [-0.15, -0.1) is 0 Å². The quantitative estimate of drug-likeness (QED) is 0.195. The van der Waals surface area contributed by atoms with Crippen molar-refractivity contribution in [1.82, 2.24) is 0 Å². The van der Waals surface area contributed by atoms with Crippen molar-refractivity contribution >= 4 is 16.5 Å². The molecule has 1 aliphatic carbocycles. The third-order valence-electron chi connectivity index (χ3n) is 10.6. The van der Waals surface area contributed by atoms with Crippen LogP contribution < -0.4 is 19.1 Å². The van der Waals surface area contributed by atoms with Crippen molar-refractivity contribution in [3.8, 4) is 28.4 Å². The van der Waals surface area contributed by atoms with Crippen molar-refractivity contribution in [3.63, 3.8) is 0 Å². The van der Waals surface area contributed by atoms with E-state index in [1.54, 1.807) is 26.4 Å². The van der Waals surface area contributed by atoms with Crippen LogP contribution in [0.4, 0.5) is 10.1 Å². The van der Waals surface area contributed by atoms with Crippen molar-refractivity contribution in [2.75, 3.05) is 45.4 Å². The van der Waals surface area contributed by atoms with Crippen LogP contribution in [0.3, 0.4) is 0 Å². The highest BCUT2D eigenvalue weighted by molar-refractivity contribution is 6.09. The maximum atomic E-state index is 15.3. The summed E-state index contributed by atoms with van der Waals surface area (Å²) in [6.45, 7) is 9.47. The van der Waals surface area contributed by atoms with Crippen LogP contribution >= 0.6 is 0 Å². The fraction of sp³-hybridized carbons (Fsp3) is 0.317. The number of hydrogen-bond acceptors (Lipinski definition) is 5. The van der Waals surface area contributed by atoms with Crippen LogP contribution in [0.1, 0.15) is 53.6 Å². The highest BCUT2D eigenvalue weighted by Crippen LogP contribution is 2.60. The van der Waals surface area contributed by atoms with Gasteiger partial charge in [0.15, 0.2) is 5.60 Å². The molecule has 0 saturated carbocycles. The molecule has 1 atom stereocenters. The Bertz CT molecular complexity index is 2010. The minimum Gasteiger partial charge on any atom is -0.497 e. The van der Waals surface area contributed by atoms with Crippen molar-refractivity contribution in [3.05, 3.63) is 118 Å². The number of halogens is 1. The Morgan fingerprint density at radius 3 is 2.23 bits per heavy atom. The smallest absolute Gasteiger partial charge is 0.159 e. The van der Waals surface area contributed by atoms with E-state index in [4.69, 9.17) is 18.9 Å². The standard InChI is InChI=1S/C41H40FNO4/c1-25-21-28(42)22-33-36-31-23-34(43-17-19-46-20-18-43)35(45-5)24-32(31)39-30(38(36)40(2,3)37(25)33)15-16-41(47-39,26-9-7-6-8-10-26)27-11-13-29(44-4)14-12-27/h6-14,21-24H,15-20H2,1-5H3. The lowest BCUT2D eigenvalue weighted by Crippen LogP contribution is -2.39. The first-order valence-electron chi connectivity index (χ1n) is 16.5. The van der Waals surface area contributed by atoms with E-state index in [2.05, 4.69) is 67.3 Å². The number of benzene rings is 5. The first-order chi connectivity index (χ1) is 22.8. The number of ether oxygens (including phenoxy) is 4. The zero-order valence-electron chi connectivity index (χ0n) is 27.7. The van der Waals surface area contributed by atoms with Gasteiger partial charge < -0.3 is 23.8 Å². The van der Waals surface area contributed by atoms with E-state index in [-0.39, 0.29) is 11.2 Å². The van der Waals surface area contributed by atoms with Gasteiger partial charge in [-0.05, 0) is 100 Å². The normalized spacial score (nSPS) is 19.5. The molecule has 1 unspecified atom stereocenters. The minimum atomic E-state index is -0.727. The van der Waals surface area contributed by atoms with E-state index >= 15 is 4.39 Å². The van der Waals surface area contributed by atoms with Crippen LogP contribution in [-0.2, 0) is 22.2 Å². The molecule has 5 aromatic carbocycles. The summed E-state index contributed by atoms with van der Waals surface area (Å²) in [5.41, 5.74) is 8.77. The van der Waals surface area contributed by atoms with Crippen LogP contribution in [0, 0.1) is 12.7 Å². The second-order valence-corrected chi connectivity index (χ2v) is 13.5. The summed E-state index contributed by atoms with van der Waals surface area (Å²) >= 11 is 0. The van der Waals surface area contributed by atoms with E-state index in [1.165, 1.54) is 16.7 Å². The molecule has 5 nitrogen and oxygen atoms in total. The van der Waals surface area contributed by atoms with Gasteiger partial charge >= 0.3 is 0 Å². The van der Waals surface area contributed by atoms with Gasteiger partial charge in [0.1, 0.15) is 23.1 Å². The monoisotopic (exact) mass is 629 g/mol. The van der Waals surface area contributed by atoms with Crippen molar-refractivity contribution in [2.45, 2.75) is 44.6 Å². The Balaban J connectivity index is 1.45. The predicted molar refractivity (Wildman–Crippen MR) is 185 cm³/mol. The lowest BCUT2D eigenvalue weighted by atomic mass is 9.73. The van der Waals surface area contributed by atoms with Gasteiger partial charge in [0, 0.05) is 29.5 Å². The molecule has 0 amide bonds. The molecule has 2 heterocycles. The minimum absolute atomic E-state index is 0.212. The summed E-state index contributed by atoms with van der Waals surface area (Å²) in [5, 5.41) is 2.03. The predicted octanol–water partition coefficient (Wildman–Crippen LogP) is 8.72. The Hall–Kier alpha value is -4.55. The topological polar surface area (TPSA) is 40.2 Å². The van der Waals surface area contributed by atoms with Crippen LogP contribution in [0.25, 0.3) is 21.9 Å². The van der Waals surface area contributed by atoms with Gasteiger partial charge in [-0.2, -0.15) is 0 Å². The van der Waals surface area contributed by atoms with Gasteiger partial charge in [-0.3, -0.25) is 0 Å². The summed E-state index contributed by atoms with van der Waals surface area (Å²) in [5.74, 6) is 2.25. The van der Waals surface area contributed by atoms with Crippen LogP contribution in [-0.4, -0.2) is 40.5 Å². The van der Waals surface area contributed by atoms with E-state index in [9.17, 15) is 0 Å². The Morgan fingerprint density at radius 1 is 0.809 bits per heavy atom. The molecule has 0 aromatic heterocycles. The summed E-state index contributed by atoms with van der Waals surface area (Å²) in [6, 6.07) is 26.6. The number of fused-ring (bicyclic) bond motifs is 8. The van der Waals surface area contributed by atoms with E-state index in [0.29, 0.717) is 13.2 Å². The molecule has 47 heavy (non-hydrogen) atoms. The largest absolute Gasteiger partial charge is 0.497 e. The van der Waals surface area contributed by atoms with Gasteiger partial charge in [0.05, 0.1) is 33.1 Å². The second kappa shape index (κ2) is 11.0. The first kappa shape index (κ1) is 29.8.